The van der Waals surface area contributed by atoms with E-state index in [0.717, 1.165) is 57.1 Å². The van der Waals surface area contributed by atoms with Crippen LogP contribution in [0.2, 0.25) is 0 Å². The van der Waals surface area contributed by atoms with Crippen LogP contribution in [0.15, 0.2) is 24.3 Å². The van der Waals surface area contributed by atoms with Crippen molar-refractivity contribution in [3.05, 3.63) is 35.6 Å². The molecule has 1 saturated heterocycles. The molecule has 0 unspecified atom stereocenters. The highest BCUT2D eigenvalue weighted by molar-refractivity contribution is 5.78. The lowest BCUT2D eigenvalue weighted by Crippen LogP contribution is -2.46. The van der Waals surface area contributed by atoms with E-state index in [2.05, 4.69) is 17.1 Å². The zero-order valence-corrected chi connectivity index (χ0v) is 16.9. The third kappa shape index (κ3) is 6.26. The molecule has 0 atom stereocenters. The highest BCUT2D eigenvalue weighted by Gasteiger charge is 2.40. The van der Waals surface area contributed by atoms with Crippen molar-refractivity contribution >= 4 is 5.91 Å². The van der Waals surface area contributed by atoms with Gasteiger partial charge in [-0.15, -0.1) is 0 Å². The van der Waals surface area contributed by atoms with Crippen LogP contribution in [0.1, 0.15) is 57.4 Å². The molecule has 2 aliphatic rings. The van der Waals surface area contributed by atoms with Gasteiger partial charge in [0.1, 0.15) is 5.82 Å². The molecule has 0 radical (unpaired) electrons. The quantitative estimate of drug-likeness (QED) is 0.652. The maximum atomic E-state index is 13.2. The third-order valence-electron chi connectivity index (χ3n) is 5.69. The Balaban J connectivity index is 1.48. The number of carbonyl (C=O) groups excluding carboxylic acids is 1. The summed E-state index contributed by atoms with van der Waals surface area (Å²) in [5.74, 6) is -0.562. The summed E-state index contributed by atoms with van der Waals surface area (Å²) in [6.07, 6.45) is 6.81. The lowest BCUT2D eigenvalue weighted by molar-refractivity contribution is -0.180. The molecule has 28 heavy (non-hydrogen) atoms. The molecule has 1 heterocycles. The van der Waals surface area contributed by atoms with Gasteiger partial charge in [-0.3, -0.25) is 9.69 Å². The largest absolute Gasteiger partial charge is 0.352 e. The van der Waals surface area contributed by atoms with Crippen molar-refractivity contribution in [2.24, 2.45) is 0 Å². The summed E-state index contributed by atoms with van der Waals surface area (Å²) >= 11 is 0. The Labute approximate surface area is 167 Å². The highest BCUT2D eigenvalue weighted by Crippen LogP contribution is 2.35. The summed E-state index contributed by atoms with van der Waals surface area (Å²) in [5.41, 5.74) is 1.03. The fraction of sp³-hybridized carbons (Fsp3) is 0.682. The number of nitrogens with one attached hydrogen (secondary N) is 1. The van der Waals surface area contributed by atoms with Crippen LogP contribution in [0.4, 0.5) is 4.39 Å². The van der Waals surface area contributed by atoms with Crippen LogP contribution in [0.3, 0.4) is 0 Å². The Morgan fingerprint density at radius 3 is 2.50 bits per heavy atom. The number of nitrogens with zero attached hydrogens (tertiary/aromatic N) is 1. The molecule has 1 N–H and O–H groups in total. The molecule has 0 aromatic heterocycles. The van der Waals surface area contributed by atoms with Crippen molar-refractivity contribution in [1.29, 1.82) is 0 Å². The Morgan fingerprint density at radius 2 is 1.86 bits per heavy atom. The van der Waals surface area contributed by atoms with Gasteiger partial charge in [0.05, 0.1) is 19.8 Å². The molecule has 1 saturated carbocycles. The molecule has 0 bridgehead atoms. The van der Waals surface area contributed by atoms with Crippen molar-refractivity contribution in [2.75, 3.05) is 26.3 Å². The number of amides is 1. The summed E-state index contributed by atoms with van der Waals surface area (Å²) < 4.78 is 24.7. The Morgan fingerprint density at radius 1 is 1.18 bits per heavy atom. The second-order valence-electron chi connectivity index (χ2n) is 7.99. The number of benzene rings is 1. The summed E-state index contributed by atoms with van der Waals surface area (Å²) in [4.78, 5) is 14.8. The molecule has 2 fully saturated rings. The predicted molar refractivity (Wildman–Crippen MR) is 106 cm³/mol. The first kappa shape index (κ1) is 21.2. The van der Waals surface area contributed by atoms with Crippen LogP contribution in [0.5, 0.6) is 0 Å². The van der Waals surface area contributed by atoms with Crippen molar-refractivity contribution in [3.63, 3.8) is 0 Å². The van der Waals surface area contributed by atoms with E-state index in [1.807, 2.05) is 0 Å². The lowest BCUT2D eigenvalue weighted by Gasteiger charge is -2.35. The molecule has 1 aliphatic heterocycles. The number of unbranched alkanes of at least 4 members (excludes halogenated alkanes) is 2. The summed E-state index contributed by atoms with van der Waals surface area (Å²) in [6, 6.07) is 6.73. The van der Waals surface area contributed by atoms with E-state index in [1.165, 1.54) is 12.1 Å². The van der Waals surface area contributed by atoms with E-state index in [-0.39, 0.29) is 17.8 Å². The van der Waals surface area contributed by atoms with Gasteiger partial charge in [-0.1, -0.05) is 31.9 Å². The van der Waals surface area contributed by atoms with E-state index >= 15 is 0 Å². The first-order chi connectivity index (χ1) is 13.6. The maximum Gasteiger partial charge on any atom is 0.234 e. The Kier molecular flexibility index (Phi) is 7.82. The SMILES string of the molecule is CCCCCN(CC(=O)NC1CCC2(CC1)OCCO2)Cc1ccc(F)cc1. The van der Waals surface area contributed by atoms with Crippen molar-refractivity contribution in [3.8, 4) is 0 Å². The van der Waals surface area contributed by atoms with Crippen LogP contribution in [-0.4, -0.2) is 48.9 Å². The van der Waals surface area contributed by atoms with Crippen molar-refractivity contribution in [1.82, 2.24) is 10.2 Å². The minimum atomic E-state index is -0.393. The van der Waals surface area contributed by atoms with Crippen LogP contribution in [-0.2, 0) is 20.8 Å². The van der Waals surface area contributed by atoms with E-state index in [0.29, 0.717) is 26.3 Å². The molecular weight excluding hydrogens is 359 g/mol. The summed E-state index contributed by atoms with van der Waals surface area (Å²) in [6.45, 7) is 5.42. The lowest BCUT2D eigenvalue weighted by atomic mass is 9.90. The Bertz CT molecular complexity index is 607. The number of ether oxygens (including phenoxy) is 2. The Hall–Kier alpha value is -1.50. The van der Waals surface area contributed by atoms with E-state index < -0.39 is 5.79 Å². The first-order valence-corrected chi connectivity index (χ1v) is 10.6. The molecule has 1 amide bonds. The highest BCUT2D eigenvalue weighted by atomic mass is 19.1. The number of hydrogen-bond donors (Lipinski definition) is 1. The topological polar surface area (TPSA) is 50.8 Å². The summed E-state index contributed by atoms with van der Waals surface area (Å²) in [7, 11) is 0. The number of halogens is 1. The normalized spacial score (nSPS) is 19.4. The second kappa shape index (κ2) is 10.3. The fourth-order valence-corrected chi connectivity index (χ4v) is 4.11. The second-order valence-corrected chi connectivity index (χ2v) is 7.99. The maximum absolute atomic E-state index is 13.2. The minimum absolute atomic E-state index is 0.0628. The van der Waals surface area contributed by atoms with Gasteiger partial charge in [-0.25, -0.2) is 4.39 Å². The van der Waals surface area contributed by atoms with Gasteiger partial charge in [0.25, 0.3) is 0 Å². The zero-order chi connectivity index (χ0) is 19.8. The smallest absolute Gasteiger partial charge is 0.234 e. The van der Waals surface area contributed by atoms with Crippen LogP contribution >= 0.6 is 0 Å². The minimum Gasteiger partial charge on any atom is -0.352 e. The van der Waals surface area contributed by atoms with E-state index in [1.54, 1.807) is 12.1 Å². The first-order valence-electron chi connectivity index (χ1n) is 10.6. The average molecular weight is 393 g/mol. The van der Waals surface area contributed by atoms with Gasteiger partial charge in [0.2, 0.25) is 5.91 Å². The molecule has 1 aromatic carbocycles. The van der Waals surface area contributed by atoms with Gasteiger partial charge >= 0.3 is 0 Å². The summed E-state index contributed by atoms with van der Waals surface area (Å²) in [5, 5.41) is 3.19. The predicted octanol–water partition coefficient (Wildman–Crippen LogP) is 3.62. The molecule has 1 aromatic rings. The monoisotopic (exact) mass is 392 g/mol. The third-order valence-corrected chi connectivity index (χ3v) is 5.69. The van der Waals surface area contributed by atoms with Gasteiger partial charge in [-0.05, 0) is 43.5 Å². The molecular formula is C22H33FN2O3. The van der Waals surface area contributed by atoms with E-state index in [9.17, 15) is 9.18 Å². The van der Waals surface area contributed by atoms with Crippen LogP contribution in [0.25, 0.3) is 0 Å². The average Bonchev–Trinajstić information content (AvgIpc) is 3.14. The number of carbonyl (C=O) groups is 1. The molecule has 3 rings (SSSR count). The zero-order valence-electron chi connectivity index (χ0n) is 16.9. The van der Waals surface area contributed by atoms with Crippen molar-refractivity contribution in [2.45, 2.75) is 70.2 Å². The van der Waals surface area contributed by atoms with Gasteiger partial charge in [0, 0.05) is 25.4 Å². The van der Waals surface area contributed by atoms with E-state index in [4.69, 9.17) is 9.47 Å². The molecule has 6 heteroatoms. The molecule has 156 valence electrons. The molecule has 1 spiro atoms. The standard InChI is InChI=1S/C22H33FN2O3/c1-2-3-4-13-25(16-18-5-7-19(23)8-6-18)17-21(26)24-20-9-11-22(12-10-20)27-14-15-28-22/h5-8,20H,2-4,9-17H2,1H3,(H,24,26). The molecule has 1 aliphatic carbocycles. The van der Waals surface area contributed by atoms with Crippen LogP contribution < -0.4 is 5.32 Å². The number of hydrogen-bond acceptors (Lipinski definition) is 4. The fourth-order valence-electron chi connectivity index (χ4n) is 4.11. The van der Waals surface area contributed by atoms with Crippen molar-refractivity contribution < 1.29 is 18.7 Å². The number of rotatable bonds is 9. The van der Waals surface area contributed by atoms with Gasteiger partial charge in [-0.2, -0.15) is 0 Å². The van der Waals surface area contributed by atoms with Gasteiger partial charge < -0.3 is 14.8 Å². The van der Waals surface area contributed by atoms with Crippen LogP contribution in [0, 0.1) is 5.82 Å². The molecule has 5 nitrogen and oxygen atoms in total. The van der Waals surface area contributed by atoms with Gasteiger partial charge in [0.15, 0.2) is 5.79 Å².